The normalized spacial score (nSPS) is 10.3. The SMILES string of the molecule is C#CC#CC#CC#CC#CC#Cc1ccc(N2C(=O)C=CC2=O)cc1. The Balaban J connectivity index is 1.99. The molecule has 0 fully saturated rings. The second-order valence-electron chi connectivity index (χ2n) is 4.29. The van der Waals surface area contributed by atoms with Gasteiger partial charge in [0, 0.05) is 17.7 Å². The molecule has 1 aromatic rings. The van der Waals surface area contributed by atoms with Crippen LogP contribution >= 0.6 is 0 Å². The largest absolute Gasteiger partial charge is 0.269 e. The molecule has 0 aliphatic carbocycles. The van der Waals surface area contributed by atoms with Gasteiger partial charge in [-0.2, -0.15) is 0 Å². The van der Waals surface area contributed by atoms with Crippen LogP contribution in [-0.2, 0) is 9.59 Å². The van der Waals surface area contributed by atoms with Crippen molar-refractivity contribution < 1.29 is 9.59 Å². The summed E-state index contributed by atoms with van der Waals surface area (Å²) in [4.78, 5) is 24.2. The lowest BCUT2D eigenvalue weighted by Gasteiger charge is -2.13. The molecule has 3 heteroatoms. The van der Waals surface area contributed by atoms with Crippen LogP contribution in [0.5, 0.6) is 0 Å². The Morgan fingerprint density at radius 3 is 1.68 bits per heavy atom. The van der Waals surface area contributed by atoms with E-state index in [1.54, 1.807) is 24.3 Å². The van der Waals surface area contributed by atoms with E-state index in [1.807, 2.05) is 0 Å². The van der Waals surface area contributed by atoms with Crippen molar-refractivity contribution in [1.29, 1.82) is 0 Å². The fourth-order valence-corrected chi connectivity index (χ4v) is 1.71. The van der Waals surface area contributed by atoms with E-state index in [0.717, 1.165) is 4.90 Å². The Morgan fingerprint density at radius 2 is 1.16 bits per heavy atom. The Kier molecular flexibility index (Phi) is 5.92. The topological polar surface area (TPSA) is 37.4 Å². The number of nitrogens with zero attached hydrogens (tertiary/aromatic N) is 1. The number of amides is 2. The number of carbonyl (C=O) groups is 2. The zero-order valence-electron chi connectivity index (χ0n) is 12.8. The number of hydrogen-bond donors (Lipinski definition) is 0. The zero-order chi connectivity index (χ0) is 17.9. The molecule has 0 saturated heterocycles. The highest BCUT2D eigenvalue weighted by atomic mass is 16.2. The molecule has 1 aromatic carbocycles. The number of carbonyl (C=O) groups excluding carboxylic acids is 2. The number of imide groups is 1. The molecule has 1 aliphatic heterocycles. The van der Waals surface area contributed by atoms with Crippen molar-refractivity contribution in [2.75, 3.05) is 4.90 Å². The third-order valence-electron chi connectivity index (χ3n) is 2.71. The van der Waals surface area contributed by atoms with Crippen molar-refractivity contribution in [2.45, 2.75) is 0 Å². The van der Waals surface area contributed by atoms with E-state index < -0.39 is 0 Å². The molecule has 0 radical (unpaired) electrons. The van der Waals surface area contributed by atoms with Gasteiger partial charge in [0.15, 0.2) is 0 Å². The Labute approximate surface area is 146 Å². The van der Waals surface area contributed by atoms with Gasteiger partial charge in [-0.05, 0) is 83.5 Å². The van der Waals surface area contributed by atoms with E-state index in [1.165, 1.54) is 12.2 Å². The molecule has 1 aliphatic rings. The van der Waals surface area contributed by atoms with E-state index in [4.69, 9.17) is 6.42 Å². The first-order valence-electron chi connectivity index (χ1n) is 6.85. The Hall–Kier alpha value is -4.54. The van der Waals surface area contributed by atoms with E-state index >= 15 is 0 Å². The summed E-state index contributed by atoms with van der Waals surface area (Å²) in [6.45, 7) is 0. The quantitative estimate of drug-likeness (QED) is 0.575. The van der Waals surface area contributed by atoms with Crippen molar-refractivity contribution in [2.24, 2.45) is 0 Å². The number of hydrogen-bond acceptors (Lipinski definition) is 2. The van der Waals surface area contributed by atoms with Crippen LogP contribution in [-0.4, -0.2) is 11.8 Å². The van der Waals surface area contributed by atoms with E-state index in [-0.39, 0.29) is 11.8 Å². The fraction of sp³-hybridized carbons (Fsp3) is 0. The average Bonchev–Trinajstić information content (AvgIpc) is 2.96. The molecule has 0 atom stereocenters. The maximum Gasteiger partial charge on any atom is 0.258 e. The summed E-state index contributed by atoms with van der Waals surface area (Å²) in [6.07, 6.45) is 7.39. The van der Waals surface area contributed by atoms with Crippen LogP contribution in [0.4, 0.5) is 5.69 Å². The number of anilines is 1. The summed E-state index contributed by atoms with van der Waals surface area (Å²) in [5.74, 6) is 26.7. The zero-order valence-corrected chi connectivity index (χ0v) is 12.8. The van der Waals surface area contributed by atoms with Gasteiger partial charge in [-0.1, -0.05) is 5.92 Å². The lowest BCUT2D eigenvalue weighted by Crippen LogP contribution is -2.29. The fourth-order valence-electron chi connectivity index (χ4n) is 1.71. The number of terminal acetylenes is 1. The smallest absolute Gasteiger partial charge is 0.258 e. The predicted octanol–water partition coefficient (Wildman–Crippen LogP) is 1.11. The summed E-state index contributed by atoms with van der Waals surface area (Å²) in [5.41, 5.74) is 1.19. The van der Waals surface area contributed by atoms with Crippen LogP contribution in [0.25, 0.3) is 0 Å². The minimum Gasteiger partial charge on any atom is -0.269 e. The van der Waals surface area contributed by atoms with Gasteiger partial charge in [0.05, 0.1) is 5.69 Å². The predicted molar refractivity (Wildman–Crippen MR) is 94.9 cm³/mol. The second kappa shape index (κ2) is 8.79. The maximum atomic E-state index is 11.6. The third-order valence-corrected chi connectivity index (χ3v) is 2.71. The van der Waals surface area contributed by atoms with Gasteiger partial charge in [0.2, 0.25) is 0 Å². The van der Waals surface area contributed by atoms with Crippen molar-refractivity contribution in [3.05, 3.63) is 42.0 Å². The first-order valence-corrected chi connectivity index (χ1v) is 6.85. The molecule has 0 N–H and O–H groups in total. The van der Waals surface area contributed by atoms with E-state index in [2.05, 4.69) is 65.1 Å². The van der Waals surface area contributed by atoms with Gasteiger partial charge in [0.25, 0.3) is 11.8 Å². The Bertz CT molecular complexity index is 1080. The second-order valence-corrected chi connectivity index (χ2v) is 4.29. The molecule has 0 unspecified atom stereocenters. The molecule has 25 heavy (non-hydrogen) atoms. The summed E-state index contributed by atoms with van der Waals surface area (Å²) in [6, 6.07) is 6.69. The number of benzene rings is 1. The molecule has 1 heterocycles. The highest BCUT2D eigenvalue weighted by Crippen LogP contribution is 2.19. The summed E-state index contributed by atoms with van der Waals surface area (Å²) in [5, 5.41) is 0. The lowest BCUT2D eigenvalue weighted by atomic mass is 10.2. The molecule has 0 saturated carbocycles. The van der Waals surface area contributed by atoms with Gasteiger partial charge >= 0.3 is 0 Å². The van der Waals surface area contributed by atoms with Crippen molar-refractivity contribution in [3.63, 3.8) is 0 Å². The summed E-state index contributed by atoms with van der Waals surface area (Å²) >= 11 is 0. The molecule has 3 nitrogen and oxygen atoms in total. The number of rotatable bonds is 1. The average molecular weight is 317 g/mol. The molecule has 112 valence electrons. The monoisotopic (exact) mass is 317 g/mol. The van der Waals surface area contributed by atoms with Crippen LogP contribution in [0.1, 0.15) is 5.56 Å². The minimum absolute atomic E-state index is 0.360. The lowest BCUT2D eigenvalue weighted by molar-refractivity contribution is -0.119. The van der Waals surface area contributed by atoms with Crippen LogP contribution in [0.3, 0.4) is 0 Å². The van der Waals surface area contributed by atoms with Gasteiger partial charge < -0.3 is 0 Å². The van der Waals surface area contributed by atoms with Crippen LogP contribution in [0.15, 0.2) is 36.4 Å². The van der Waals surface area contributed by atoms with Crippen LogP contribution < -0.4 is 4.90 Å². The molecule has 0 bridgehead atoms. The molecule has 2 rings (SSSR count). The summed E-state index contributed by atoms with van der Waals surface area (Å²) < 4.78 is 0. The van der Waals surface area contributed by atoms with Crippen LogP contribution in [0.2, 0.25) is 0 Å². The molecular weight excluding hydrogens is 310 g/mol. The molecule has 0 spiro atoms. The highest BCUT2D eigenvalue weighted by Gasteiger charge is 2.24. The van der Waals surface area contributed by atoms with Crippen molar-refractivity contribution in [1.82, 2.24) is 0 Å². The first-order chi connectivity index (χ1) is 12.2. The first kappa shape index (κ1) is 16.8. The highest BCUT2D eigenvalue weighted by molar-refractivity contribution is 6.28. The molecular formula is C22H7NO2. The van der Waals surface area contributed by atoms with E-state index in [0.29, 0.717) is 11.3 Å². The third kappa shape index (κ3) is 5.00. The molecule has 2 amide bonds. The van der Waals surface area contributed by atoms with Crippen molar-refractivity contribution >= 4 is 17.5 Å². The summed E-state index contributed by atoms with van der Waals surface area (Å²) in [7, 11) is 0. The van der Waals surface area contributed by atoms with Gasteiger partial charge in [-0.15, -0.1) is 6.42 Å². The van der Waals surface area contributed by atoms with Gasteiger partial charge in [0.1, 0.15) is 0 Å². The molecule has 0 aromatic heterocycles. The Morgan fingerprint density at radius 1 is 0.680 bits per heavy atom. The van der Waals surface area contributed by atoms with Gasteiger partial charge in [-0.3, -0.25) is 9.59 Å². The van der Waals surface area contributed by atoms with Crippen LogP contribution in [0, 0.1) is 71.5 Å². The van der Waals surface area contributed by atoms with E-state index in [9.17, 15) is 9.59 Å². The standard InChI is InChI=1S/C22H7NO2/c1-2-3-4-5-6-7-8-9-10-11-12-19-13-15-20(16-14-19)23-21(24)17-18-22(23)25/h1,13-18H. The van der Waals surface area contributed by atoms with Gasteiger partial charge in [-0.25, -0.2) is 4.90 Å². The minimum atomic E-state index is -0.360. The maximum absolute atomic E-state index is 11.6. The van der Waals surface area contributed by atoms with Crippen molar-refractivity contribution in [3.8, 4) is 71.5 Å².